The van der Waals surface area contributed by atoms with Crippen molar-refractivity contribution in [1.82, 2.24) is 15.2 Å². The van der Waals surface area contributed by atoms with Gasteiger partial charge in [0, 0.05) is 42.3 Å². The lowest BCUT2D eigenvalue weighted by Gasteiger charge is -2.36. The Bertz CT molecular complexity index is 625. The molecule has 0 aliphatic carbocycles. The minimum absolute atomic E-state index is 0.101. The van der Waals surface area contributed by atoms with E-state index >= 15 is 0 Å². The molecule has 2 heterocycles. The zero-order valence-corrected chi connectivity index (χ0v) is 11.8. The maximum Gasteiger partial charge on any atom is 0.254 e. The molecular weight excluding hydrogens is 250 g/mol. The van der Waals surface area contributed by atoms with E-state index in [9.17, 15) is 4.79 Å². The summed E-state index contributed by atoms with van der Waals surface area (Å²) in [6.07, 6.45) is 1.76. The van der Waals surface area contributed by atoms with Crippen LogP contribution in [0, 0.1) is 0 Å². The van der Waals surface area contributed by atoms with Crippen molar-refractivity contribution in [2.75, 3.05) is 13.1 Å². The summed E-state index contributed by atoms with van der Waals surface area (Å²) in [6, 6.07) is 10.2. The van der Waals surface area contributed by atoms with Gasteiger partial charge >= 0.3 is 0 Å². The van der Waals surface area contributed by atoms with E-state index in [0.717, 1.165) is 29.6 Å². The number of pyridine rings is 1. The van der Waals surface area contributed by atoms with Crippen molar-refractivity contribution in [3.05, 3.63) is 42.1 Å². The molecule has 0 unspecified atom stereocenters. The Kier molecular flexibility index (Phi) is 3.40. The summed E-state index contributed by atoms with van der Waals surface area (Å²) in [4.78, 5) is 19.0. The molecule has 1 saturated heterocycles. The predicted octanol–water partition coefficient (Wildman–Crippen LogP) is 2.06. The molecule has 1 fully saturated rings. The van der Waals surface area contributed by atoms with E-state index in [0.29, 0.717) is 12.1 Å². The molecule has 1 aliphatic heterocycles. The third kappa shape index (κ3) is 2.39. The Labute approximate surface area is 118 Å². The number of nitrogens with zero attached hydrogens (tertiary/aromatic N) is 2. The van der Waals surface area contributed by atoms with Crippen LogP contribution in [0.5, 0.6) is 0 Å². The molecule has 0 radical (unpaired) electrons. The summed E-state index contributed by atoms with van der Waals surface area (Å²) in [5.74, 6) is 0.101. The molecule has 0 saturated carbocycles. The highest BCUT2D eigenvalue weighted by Crippen LogP contribution is 2.19. The van der Waals surface area contributed by atoms with E-state index in [-0.39, 0.29) is 5.91 Å². The van der Waals surface area contributed by atoms with Gasteiger partial charge in [-0.15, -0.1) is 0 Å². The van der Waals surface area contributed by atoms with Crippen LogP contribution in [-0.4, -0.2) is 41.0 Å². The second-order valence-corrected chi connectivity index (χ2v) is 5.55. The van der Waals surface area contributed by atoms with Crippen molar-refractivity contribution in [2.24, 2.45) is 0 Å². The van der Waals surface area contributed by atoms with Gasteiger partial charge < -0.3 is 10.2 Å². The van der Waals surface area contributed by atoms with Gasteiger partial charge in [0.15, 0.2) is 0 Å². The number of nitrogens with one attached hydrogen (secondary N) is 1. The first-order valence-electron chi connectivity index (χ1n) is 7.04. The average molecular weight is 269 g/mol. The molecule has 20 heavy (non-hydrogen) atoms. The van der Waals surface area contributed by atoms with Crippen LogP contribution in [0.25, 0.3) is 10.9 Å². The molecule has 1 aliphatic rings. The molecule has 1 N–H and O–H groups in total. The zero-order valence-electron chi connectivity index (χ0n) is 11.8. The van der Waals surface area contributed by atoms with E-state index in [1.54, 1.807) is 6.20 Å². The lowest BCUT2D eigenvalue weighted by atomic mass is 10.1. The van der Waals surface area contributed by atoms with Gasteiger partial charge in [-0.3, -0.25) is 9.78 Å². The number of carbonyl (C=O) groups is 1. The molecule has 0 bridgehead atoms. The monoisotopic (exact) mass is 269 g/mol. The Morgan fingerprint density at radius 3 is 2.70 bits per heavy atom. The maximum absolute atomic E-state index is 12.8. The highest BCUT2D eigenvalue weighted by molar-refractivity contribution is 6.06. The minimum Gasteiger partial charge on any atom is -0.336 e. The van der Waals surface area contributed by atoms with Crippen LogP contribution in [-0.2, 0) is 0 Å². The first kappa shape index (κ1) is 13.1. The molecule has 3 rings (SSSR count). The molecular formula is C16H19N3O. The Balaban J connectivity index is 1.96. The first-order chi connectivity index (χ1) is 9.65. The Morgan fingerprint density at radius 2 is 1.95 bits per heavy atom. The van der Waals surface area contributed by atoms with Crippen LogP contribution in [0.3, 0.4) is 0 Å². The number of benzene rings is 1. The quantitative estimate of drug-likeness (QED) is 0.862. The van der Waals surface area contributed by atoms with Crippen molar-refractivity contribution < 1.29 is 4.79 Å². The Morgan fingerprint density at radius 1 is 1.20 bits per heavy atom. The largest absolute Gasteiger partial charge is 0.336 e. The second-order valence-electron chi connectivity index (χ2n) is 5.55. The molecule has 4 nitrogen and oxygen atoms in total. The SMILES string of the molecule is C[C@@H]1CN(C(=O)c2cccc3ncccc23)C[C@H](C)N1. The van der Waals surface area contributed by atoms with Crippen molar-refractivity contribution in [2.45, 2.75) is 25.9 Å². The fourth-order valence-electron chi connectivity index (χ4n) is 2.95. The lowest BCUT2D eigenvalue weighted by Crippen LogP contribution is -2.55. The van der Waals surface area contributed by atoms with Gasteiger partial charge in [0.1, 0.15) is 0 Å². The van der Waals surface area contributed by atoms with Gasteiger partial charge in [0.2, 0.25) is 0 Å². The molecule has 2 atom stereocenters. The molecule has 4 heteroatoms. The van der Waals surface area contributed by atoms with Crippen LogP contribution in [0.1, 0.15) is 24.2 Å². The average Bonchev–Trinajstić information content (AvgIpc) is 2.45. The fraction of sp³-hybridized carbons (Fsp3) is 0.375. The van der Waals surface area contributed by atoms with Crippen LogP contribution in [0.4, 0.5) is 0 Å². The standard InChI is InChI=1S/C16H19N3O/c1-11-9-19(10-12(2)18-11)16(20)14-5-3-7-15-13(14)6-4-8-17-15/h3-8,11-12,18H,9-10H2,1-2H3/t11-,12+. The summed E-state index contributed by atoms with van der Waals surface area (Å²) in [5.41, 5.74) is 1.62. The van der Waals surface area contributed by atoms with Gasteiger partial charge in [-0.05, 0) is 32.0 Å². The molecule has 1 amide bonds. The maximum atomic E-state index is 12.8. The second kappa shape index (κ2) is 5.21. The van der Waals surface area contributed by atoms with Crippen LogP contribution in [0.2, 0.25) is 0 Å². The van der Waals surface area contributed by atoms with Gasteiger partial charge in [0.25, 0.3) is 5.91 Å². The molecule has 1 aromatic carbocycles. The van der Waals surface area contributed by atoms with Gasteiger partial charge in [-0.2, -0.15) is 0 Å². The number of piperazine rings is 1. The normalized spacial score (nSPS) is 23.0. The third-order valence-electron chi connectivity index (χ3n) is 3.72. The van der Waals surface area contributed by atoms with E-state index in [4.69, 9.17) is 0 Å². The number of fused-ring (bicyclic) bond motifs is 1. The smallest absolute Gasteiger partial charge is 0.254 e. The van der Waals surface area contributed by atoms with E-state index in [1.165, 1.54) is 0 Å². The number of carbonyl (C=O) groups excluding carboxylic acids is 1. The van der Waals surface area contributed by atoms with Crippen LogP contribution >= 0.6 is 0 Å². The van der Waals surface area contributed by atoms with Crippen molar-refractivity contribution >= 4 is 16.8 Å². The fourth-order valence-corrected chi connectivity index (χ4v) is 2.95. The van der Waals surface area contributed by atoms with Gasteiger partial charge in [-0.25, -0.2) is 0 Å². The van der Waals surface area contributed by atoms with Crippen LogP contribution in [0.15, 0.2) is 36.5 Å². The van der Waals surface area contributed by atoms with E-state index in [2.05, 4.69) is 24.1 Å². The summed E-state index contributed by atoms with van der Waals surface area (Å²) in [5, 5.41) is 4.38. The number of amides is 1. The predicted molar refractivity (Wildman–Crippen MR) is 79.7 cm³/mol. The first-order valence-corrected chi connectivity index (χ1v) is 7.04. The van der Waals surface area contributed by atoms with Gasteiger partial charge in [0.05, 0.1) is 5.52 Å². The van der Waals surface area contributed by atoms with Crippen molar-refractivity contribution in [1.29, 1.82) is 0 Å². The number of hydrogen-bond acceptors (Lipinski definition) is 3. The Hall–Kier alpha value is -1.94. The number of aromatic nitrogens is 1. The van der Waals surface area contributed by atoms with Gasteiger partial charge in [-0.1, -0.05) is 12.1 Å². The van der Waals surface area contributed by atoms with E-state index in [1.807, 2.05) is 35.2 Å². The molecule has 2 aromatic rings. The summed E-state index contributed by atoms with van der Waals surface area (Å²) in [7, 11) is 0. The molecule has 104 valence electrons. The van der Waals surface area contributed by atoms with Crippen molar-refractivity contribution in [3.8, 4) is 0 Å². The summed E-state index contributed by atoms with van der Waals surface area (Å²) < 4.78 is 0. The molecule has 1 aromatic heterocycles. The number of hydrogen-bond donors (Lipinski definition) is 1. The zero-order chi connectivity index (χ0) is 14.1. The summed E-state index contributed by atoms with van der Waals surface area (Å²) >= 11 is 0. The molecule has 0 spiro atoms. The van der Waals surface area contributed by atoms with E-state index < -0.39 is 0 Å². The number of rotatable bonds is 1. The summed E-state index contributed by atoms with van der Waals surface area (Å²) in [6.45, 7) is 5.72. The highest BCUT2D eigenvalue weighted by Gasteiger charge is 2.26. The lowest BCUT2D eigenvalue weighted by molar-refractivity contribution is 0.0676. The van der Waals surface area contributed by atoms with Crippen LogP contribution < -0.4 is 5.32 Å². The highest BCUT2D eigenvalue weighted by atomic mass is 16.2. The minimum atomic E-state index is 0.101. The third-order valence-corrected chi connectivity index (χ3v) is 3.72. The topological polar surface area (TPSA) is 45.2 Å². The van der Waals surface area contributed by atoms with Crippen molar-refractivity contribution in [3.63, 3.8) is 0 Å².